The van der Waals surface area contributed by atoms with E-state index in [9.17, 15) is 0 Å². The third kappa shape index (κ3) is 1.10. The van der Waals surface area contributed by atoms with Gasteiger partial charge in [-0.25, -0.2) is 4.68 Å². The highest BCUT2D eigenvalue weighted by Crippen LogP contribution is 2.31. The maximum atomic E-state index is 5.05. The molecule has 0 spiro atoms. The van der Waals surface area contributed by atoms with Gasteiger partial charge in [-0.1, -0.05) is 11.2 Å². The fourth-order valence-corrected chi connectivity index (χ4v) is 2.17. The largest absolute Gasteiger partial charge is 0.364 e. The first-order valence-electron chi connectivity index (χ1n) is 5.36. The molecule has 0 radical (unpaired) electrons. The molecule has 0 saturated carbocycles. The number of fused-ring (bicyclic) bond motifs is 5. The van der Waals surface area contributed by atoms with Gasteiger partial charge in [0.25, 0.3) is 0 Å². The molecule has 0 unspecified atom stereocenters. The molecule has 3 aromatic heterocycles. The molecule has 0 aliphatic carbocycles. The summed E-state index contributed by atoms with van der Waals surface area (Å²) >= 11 is 0. The van der Waals surface area contributed by atoms with Gasteiger partial charge in [-0.2, -0.15) is 5.10 Å². The molecule has 82 valence electrons. The van der Waals surface area contributed by atoms with Crippen molar-refractivity contribution in [3.8, 4) is 11.4 Å². The molecule has 0 saturated heterocycles. The molecule has 5 heteroatoms. The first-order chi connectivity index (χ1) is 8.43. The lowest BCUT2D eigenvalue weighted by atomic mass is 10.1. The van der Waals surface area contributed by atoms with E-state index in [1.165, 1.54) is 0 Å². The first-order valence-corrected chi connectivity index (χ1v) is 5.36. The highest BCUT2D eigenvalue weighted by Gasteiger charge is 2.20. The monoisotopic (exact) mass is 224 g/mol. The molecule has 4 heterocycles. The van der Waals surface area contributed by atoms with Gasteiger partial charge in [0.2, 0.25) is 0 Å². The lowest BCUT2D eigenvalue weighted by Crippen LogP contribution is -1.91. The number of hydrogen-bond acceptors (Lipinski definition) is 4. The molecule has 5 nitrogen and oxygen atoms in total. The summed E-state index contributed by atoms with van der Waals surface area (Å²) in [7, 11) is 0. The first kappa shape index (κ1) is 8.69. The van der Waals surface area contributed by atoms with Crippen LogP contribution < -0.4 is 0 Å². The smallest absolute Gasteiger partial charge is 0.136 e. The molecule has 0 bridgehead atoms. The Kier molecular flexibility index (Phi) is 1.55. The van der Waals surface area contributed by atoms with Gasteiger partial charge in [-0.15, -0.1) is 0 Å². The molecule has 0 aromatic carbocycles. The van der Waals surface area contributed by atoms with Crippen LogP contribution in [0.25, 0.3) is 28.5 Å². The molecule has 1 aliphatic heterocycles. The molecule has 0 fully saturated rings. The van der Waals surface area contributed by atoms with Crippen LogP contribution in [-0.4, -0.2) is 19.9 Å². The molecule has 1 aliphatic rings. The maximum absolute atomic E-state index is 5.05. The van der Waals surface area contributed by atoms with E-state index in [1.807, 2.05) is 29.2 Å². The summed E-state index contributed by atoms with van der Waals surface area (Å²) < 4.78 is 6.89. The van der Waals surface area contributed by atoms with Crippen molar-refractivity contribution < 1.29 is 4.52 Å². The van der Waals surface area contributed by atoms with Crippen LogP contribution in [0.3, 0.4) is 0 Å². The van der Waals surface area contributed by atoms with Crippen LogP contribution in [0.1, 0.15) is 5.56 Å². The lowest BCUT2D eigenvalue weighted by molar-refractivity contribution is 0.421. The zero-order chi connectivity index (χ0) is 11.2. The number of pyridine rings is 1. The average Bonchev–Trinajstić information content (AvgIpc) is 2.90. The number of nitrogens with zero attached hydrogens (tertiary/aromatic N) is 4. The fraction of sp³-hybridized carbons (Fsp3) is 0.0833. The van der Waals surface area contributed by atoms with Crippen molar-refractivity contribution in [2.24, 2.45) is 0 Å². The van der Waals surface area contributed by atoms with Gasteiger partial charge < -0.3 is 4.52 Å². The zero-order valence-electron chi connectivity index (χ0n) is 8.87. The Morgan fingerprint density at radius 3 is 3.35 bits per heavy atom. The Balaban J connectivity index is 2.18. The minimum atomic E-state index is 0.809. The van der Waals surface area contributed by atoms with Gasteiger partial charge in [0, 0.05) is 29.5 Å². The second-order valence-corrected chi connectivity index (χ2v) is 3.96. The summed E-state index contributed by atoms with van der Waals surface area (Å²) in [5.74, 6) is 0. The van der Waals surface area contributed by atoms with Crippen molar-refractivity contribution in [1.29, 1.82) is 0 Å². The zero-order valence-corrected chi connectivity index (χ0v) is 8.87. The average molecular weight is 224 g/mol. The van der Waals surface area contributed by atoms with Crippen molar-refractivity contribution >= 4 is 17.1 Å². The quantitative estimate of drug-likeness (QED) is 0.586. The van der Waals surface area contributed by atoms with Crippen molar-refractivity contribution in [1.82, 2.24) is 19.9 Å². The summed E-state index contributed by atoms with van der Waals surface area (Å²) in [5, 5.41) is 9.57. The summed E-state index contributed by atoms with van der Waals surface area (Å²) in [4.78, 5) is 4.15. The number of aromatic nitrogens is 4. The van der Waals surface area contributed by atoms with Crippen LogP contribution in [0.4, 0.5) is 0 Å². The van der Waals surface area contributed by atoms with Crippen molar-refractivity contribution in [3.63, 3.8) is 0 Å². The van der Waals surface area contributed by atoms with E-state index in [4.69, 9.17) is 4.52 Å². The van der Waals surface area contributed by atoms with E-state index in [0.717, 1.165) is 34.3 Å². The van der Waals surface area contributed by atoms with Crippen molar-refractivity contribution in [2.75, 3.05) is 0 Å². The topological polar surface area (TPSA) is 56.7 Å². The summed E-state index contributed by atoms with van der Waals surface area (Å²) in [6.07, 6.45) is 10.0. The summed E-state index contributed by atoms with van der Waals surface area (Å²) in [5.41, 5.74) is 3.79. The molecule has 3 aromatic rings. The van der Waals surface area contributed by atoms with E-state index in [1.54, 1.807) is 12.5 Å². The maximum Gasteiger partial charge on any atom is 0.136 e. The Hall–Kier alpha value is -2.43. The van der Waals surface area contributed by atoms with E-state index in [-0.39, 0.29) is 0 Å². The van der Waals surface area contributed by atoms with E-state index in [2.05, 4.69) is 15.2 Å². The molecular formula is C12H8N4O. The molecule has 4 rings (SSSR count). The standard InChI is InChI=1S/C12H8N4O/c1-2-8-7-17-15-11(8)12-9-6-13-4-3-10(9)14-16(12)5-1/h1,3-7H,2H2. The van der Waals surface area contributed by atoms with Gasteiger partial charge in [-0.3, -0.25) is 4.98 Å². The third-order valence-corrected chi connectivity index (χ3v) is 2.95. The van der Waals surface area contributed by atoms with Crippen LogP contribution in [-0.2, 0) is 6.42 Å². The Morgan fingerprint density at radius 1 is 1.35 bits per heavy atom. The Bertz CT molecular complexity index is 738. The predicted octanol–water partition coefficient (Wildman–Crippen LogP) is 2.11. The van der Waals surface area contributed by atoms with Gasteiger partial charge >= 0.3 is 0 Å². The lowest BCUT2D eigenvalue weighted by Gasteiger charge is -1.97. The van der Waals surface area contributed by atoms with Gasteiger partial charge in [0.1, 0.15) is 17.7 Å². The van der Waals surface area contributed by atoms with Crippen LogP contribution in [0.2, 0.25) is 0 Å². The minimum Gasteiger partial charge on any atom is -0.364 e. The van der Waals surface area contributed by atoms with Crippen LogP contribution >= 0.6 is 0 Å². The van der Waals surface area contributed by atoms with Crippen LogP contribution in [0, 0.1) is 0 Å². The van der Waals surface area contributed by atoms with E-state index >= 15 is 0 Å². The molecule has 0 N–H and O–H groups in total. The number of rotatable bonds is 0. The molecule has 17 heavy (non-hydrogen) atoms. The Morgan fingerprint density at radius 2 is 2.35 bits per heavy atom. The second-order valence-electron chi connectivity index (χ2n) is 3.96. The summed E-state index contributed by atoms with van der Waals surface area (Å²) in [6, 6.07) is 1.89. The third-order valence-electron chi connectivity index (χ3n) is 2.95. The highest BCUT2D eigenvalue weighted by atomic mass is 16.5. The number of allylic oxidation sites excluding steroid dienone is 1. The fourth-order valence-electron chi connectivity index (χ4n) is 2.17. The van der Waals surface area contributed by atoms with Crippen LogP contribution in [0.15, 0.2) is 35.3 Å². The van der Waals surface area contributed by atoms with Crippen molar-refractivity contribution in [3.05, 3.63) is 36.4 Å². The number of hydrogen-bond donors (Lipinski definition) is 0. The van der Waals surface area contributed by atoms with Gasteiger partial charge in [0.05, 0.1) is 5.52 Å². The highest BCUT2D eigenvalue weighted by molar-refractivity contribution is 5.93. The van der Waals surface area contributed by atoms with Gasteiger partial charge in [-0.05, 0) is 12.5 Å². The molecular weight excluding hydrogens is 216 g/mol. The van der Waals surface area contributed by atoms with Gasteiger partial charge in [0.15, 0.2) is 0 Å². The summed E-state index contributed by atoms with van der Waals surface area (Å²) in [6.45, 7) is 0. The SMILES string of the molecule is C1=Cn2nc3ccncc3c2-c2nocc2C1. The van der Waals surface area contributed by atoms with Crippen molar-refractivity contribution in [2.45, 2.75) is 6.42 Å². The second kappa shape index (κ2) is 3.04. The van der Waals surface area contributed by atoms with Crippen LogP contribution in [0.5, 0.6) is 0 Å². The Labute approximate surface area is 96.4 Å². The minimum absolute atomic E-state index is 0.809. The van der Waals surface area contributed by atoms with E-state index < -0.39 is 0 Å². The molecule has 0 atom stereocenters. The predicted molar refractivity (Wildman–Crippen MR) is 62.1 cm³/mol. The normalized spacial score (nSPS) is 13.4. The molecule has 0 amide bonds. The van der Waals surface area contributed by atoms with E-state index in [0.29, 0.717) is 0 Å².